The summed E-state index contributed by atoms with van der Waals surface area (Å²) in [7, 11) is 0. The predicted molar refractivity (Wildman–Crippen MR) is 110 cm³/mol. The van der Waals surface area contributed by atoms with Gasteiger partial charge in [0.05, 0.1) is 23.9 Å². The van der Waals surface area contributed by atoms with Crippen LogP contribution < -0.4 is 10.6 Å². The van der Waals surface area contributed by atoms with Crippen molar-refractivity contribution in [3.05, 3.63) is 76.7 Å². The molecule has 7 heteroatoms. The fraction of sp³-hybridized carbons (Fsp3) is 0.0909. The van der Waals surface area contributed by atoms with Crippen LogP contribution in [0.15, 0.2) is 48.7 Å². The van der Waals surface area contributed by atoms with Crippen LogP contribution in [0.2, 0.25) is 0 Å². The summed E-state index contributed by atoms with van der Waals surface area (Å²) in [6.45, 7) is 3.86. The summed E-state index contributed by atoms with van der Waals surface area (Å²) in [5.74, 6) is -0.324. The molecule has 0 bridgehead atoms. The van der Waals surface area contributed by atoms with Crippen LogP contribution in [-0.2, 0) is 0 Å². The van der Waals surface area contributed by atoms with E-state index in [0.717, 1.165) is 28.6 Å². The Morgan fingerprint density at radius 2 is 1.72 bits per heavy atom. The molecule has 0 saturated carbocycles. The van der Waals surface area contributed by atoms with Gasteiger partial charge in [-0.05, 0) is 73.0 Å². The maximum atomic E-state index is 14.2. The van der Waals surface area contributed by atoms with E-state index >= 15 is 0 Å². The summed E-state index contributed by atoms with van der Waals surface area (Å²) < 4.78 is 14.2. The highest BCUT2D eigenvalue weighted by molar-refractivity contribution is 5.68. The molecule has 0 aliphatic heterocycles. The van der Waals surface area contributed by atoms with Gasteiger partial charge in [0, 0.05) is 17.5 Å². The van der Waals surface area contributed by atoms with Gasteiger partial charge in [-0.2, -0.15) is 15.5 Å². The number of nitrogens with one attached hydrogen (secondary N) is 2. The Bertz CT molecular complexity index is 1130. The molecular weight excluding hydrogens is 367 g/mol. The summed E-state index contributed by atoms with van der Waals surface area (Å²) in [6, 6.07) is 14.5. The summed E-state index contributed by atoms with van der Waals surface area (Å²) >= 11 is 0. The molecule has 0 fully saturated rings. The zero-order chi connectivity index (χ0) is 20.8. The van der Waals surface area contributed by atoms with Gasteiger partial charge >= 0.3 is 0 Å². The molecule has 3 rings (SSSR count). The van der Waals surface area contributed by atoms with Crippen molar-refractivity contribution < 1.29 is 4.39 Å². The number of nitriles is 2. The molecule has 3 aromatic rings. The summed E-state index contributed by atoms with van der Waals surface area (Å²) in [5, 5.41) is 23.6. The molecule has 2 aromatic carbocycles. The van der Waals surface area contributed by atoms with Crippen LogP contribution in [0.3, 0.4) is 0 Å². The van der Waals surface area contributed by atoms with Crippen molar-refractivity contribution >= 4 is 29.2 Å². The second kappa shape index (κ2) is 8.64. The zero-order valence-electron chi connectivity index (χ0n) is 15.9. The van der Waals surface area contributed by atoms with Crippen molar-refractivity contribution in [1.29, 1.82) is 10.5 Å². The van der Waals surface area contributed by atoms with E-state index in [2.05, 4.69) is 20.6 Å². The Labute approximate surface area is 168 Å². The average molecular weight is 384 g/mol. The predicted octanol–water partition coefficient (Wildman–Crippen LogP) is 5.13. The first kappa shape index (κ1) is 19.5. The number of hydrogen-bond acceptors (Lipinski definition) is 6. The highest BCUT2D eigenvalue weighted by atomic mass is 19.1. The molecule has 0 radical (unpaired) electrons. The monoisotopic (exact) mass is 384 g/mol. The van der Waals surface area contributed by atoms with Gasteiger partial charge in [-0.3, -0.25) is 0 Å². The van der Waals surface area contributed by atoms with Gasteiger partial charge < -0.3 is 10.6 Å². The Morgan fingerprint density at radius 1 is 1.03 bits per heavy atom. The molecule has 0 unspecified atom stereocenters. The number of halogens is 1. The topological polar surface area (TPSA) is 97.4 Å². The lowest BCUT2D eigenvalue weighted by Gasteiger charge is -2.14. The molecule has 142 valence electrons. The Hall–Kier alpha value is -4.23. The van der Waals surface area contributed by atoms with Gasteiger partial charge in [0.25, 0.3) is 0 Å². The minimum atomic E-state index is -0.592. The van der Waals surface area contributed by atoms with Gasteiger partial charge in [0.15, 0.2) is 11.6 Å². The van der Waals surface area contributed by atoms with E-state index in [1.807, 2.05) is 38.1 Å². The van der Waals surface area contributed by atoms with Crippen molar-refractivity contribution in [2.75, 3.05) is 10.6 Å². The first-order valence-corrected chi connectivity index (χ1v) is 8.74. The third-order valence-corrected chi connectivity index (χ3v) is 4.16. The molecule has 6 nitrogen and oxygen atoms in total. The molecule has 0 aliphatic rings. The maximum Gasteiger partial charge on any atom is 0.229 e. The highest BCUT2D eigenvalue weighted by Gasteiger charge is 2.11. The second-order valence-corrected chi connectivity index (χ2v) is 6.32. The van der Waals surface area contributed by atoms with E-state index in [4.69, 9.17) is 10.5 Å². The number of benzene rings is 2. The number of anilines is 4. The average Bonchev–Trinajstić information content (AvgIpc) is 2.72. The Balaban J connectivity index is 1.85. The van der Waals surface area contributed by atoms with Crippen LogP contribution in [0.25, 0.3) is 6.08 Å². The largest absolute Gasteiger partial charge is 0.338 e. The van der Waals surface area contributed by atoms with Crippen LogP contribution >= 0.6 is 0 Å². The number of rotatable bonds is 5. The van der Waals surface area contributed by atoms with E-state index in [1.54, 1.807) is 30.3 Å². The van der Waals surface area contributed by atoms with Gasteiger partial charge in [0.1, 0.15) is 0 Å². The maximum absolute atomic E-state index is 14.2. The van der Waals surface area contributed by atoms with Gasteiger partial charge in [-0.15, -0.1) is 0 Å². The summed E-state index contributed by atoms with van der Waals surface area (Å²) in [6.07, 6.45) is 4.25. The van der Waals surface area contributed by atoms with Crippen molar-refractivity contribution in [1.82, 2.24) is 9.97 Å². The van der Waals surface area contributed by atoms with Gasteiger partial charge in [-0.25, -0.2) is 9.37 Å². The van der Waals surface area contributed by atoms with Crippen LogP contribution in [0.4, 0.5) is 27.5 Å². The van der Waals surface area contributed by atoms with E-state index in [-0.39, 0.29) is 11.8 Å². The van der Waals surface area contributed by atoms with Crippen LogP contribution in [0, 0.1) is 42.3 Å². The van der Waals surface area contributed by atoms with E-state index in [0.29, 0.717) is 11.3 Å². The lowest BCUT2D eigenvalue weighted by molar-refractivity contribution is 0.619. The molecule has 0 aliphatic carbocycles. The SMILES string of the molecule is Cc1cc(/C=C/C#N)cc(C)c1Nc1ncc(F)c(Nc2ccc(C#N)cc2)n1. The minimum absolute atomic E-state index is 0.0242. The van der Waals surface area contributed by atoms with Crippen molar-refractivity contribution in [3.63, 3.8) is 0 Å². The van der Waals surface area contributed by atoms with Crippen molar-refractivity contribution in [2.45, 2.75) is 13.8 Å². The minimum Gasteiger partial charge on any atom is -0.338 e. The van der Waals surface area contributed by atoms with Gasteiger partial charge in [0.2, 0.25) is 5.95 Å². The molecule has 0 spiro atoms. The molecule has 29 heavy (non-hydrogen) atoms. The lowest BCUT2D eigenvalue weighted by atomic mass is 10.0. The third-order valence-electron chi connectivity index (χ3n) is 4.16. The molecule has 0 saturated heterocycles. The fourth-order valence-corrected chi connectivity index (χ4v) is 2.82. The Kier molecular flexibility index (Phi) is 5.82. The molecule has 1 aromatic heterocycles. The lowest BCUT2D eigenvalue weighted by Crippen LogP contribution is -2.05. The standard InChI is InChI=1S/C22H17FN6/c1-14-10-17(4-3-9-24)11-15(2)20(14)28-22-26-13-19(23)21(29-22)27-18-7-5-16(12-25)6-8-18/h3-8,10-11,13H,1-2H3,(H2,26,27,28,29)/b4-3+. The Morgan fingerprint density at radius 3 is 2.34 bits per heavy atom. The van der Waals surface area contributed by atoms with E-state index < -0.39 is 5.82 Å². The zero-order valence-corrected chi connectivity index (χ0v) is 15.9. The van der Waals surface area contributed by atoms with Crippen LogP contribution in [0.5, 0.6) is 0 Å². The van der Waals surface area contributed by atoms with E-state index in [1.165, 1.54) is 6.08 Å². The van der Waals surface area contributed by atoms with Crippen molar-refractivity contribution in [3.8, 4) is 12.1 Å². The smallest absolute Gasteiger partial charge is 0.229 e. The molecule has 2 N–H and O–H groups in total. The number of hydrogen-bond donors (Lipinski definition) is 2. The first-order chi connectivity index (χ1) is 14.0. The van der Waals surface area contributed by atoms with Crippen LogP contribution in [-0.4, -0.2) is 9.97 Å². The summed E-state index contributed by atoms with van der Waals surface area (Å²) in [4.78, 5) is 8.25. The number of aromatic nitrogens is 2. The summed E-state index contributed by atoms with van der Waals surface area (Å²) in [5.41, 5.74) is 4.73. The second-order valence-electron chi connectivity index (χ2n) is 6.32. The normalized spacial score (nSPS) is 10.4. The van der Waals surface area contributed by atoms with E-state index in [9.17, 15) is 4.39 Å². The van der Waals surface area contributed by atoms with Crippen LogP contribution in [0.1, 0.15) is 22.3 Å². The molecule has 1 heterocycles. The molecule has 0 atom stereocenters. The quantitative estimate of drug-likeness (QED) is 0.592. The number of allylic oxidation sites excluding steroid dienone is 1. The van der Waals surface area contributed by atoms with Crippen molar-refractivity contribution in [2.24, 2.45) is 0 Å². The van der Waals surface area contributed by atoms with Gasteiger partial charge in [-0.1, -0.05) is 0 Å². The fourth-order valence-electron chi connectivity index (χ4n) is 2.82. The highest BCUT2D eigenvalue weighted by Crippen LogP contribution is 2.26. The number of nitrogens with zero attached hydrogens (tertiary/aromatic N) is 4. The first-order valence-electron chi connectivity index (χ1n) is 8.74. The third kappa shape index (κ3) is 4.74. The molecular formula is C22H17FN6. The molecule has 0 amide bonds. The number of aryl methyl sites for hydroxylation is 2.